The number of nitrogens with one attached hydrogen (secondary N) is 2. The quantitative estimate of drug-likeness (QED) is 0.704. The van der Waals surface area contributed by atoms with Crippen molar-refractivity contribution in [1.29, 1.82) is 0 Å². The van der Waals surface area contributed by atoms with Gasteiger partial charge in [-0.05, 0) is 37.2 Å². The van der Waals surface area contributed by atoms with Crippen molar-refractivity contribution in [2.24, 2.45) is 11.8 Å². The van der Waals surface area contributed by atoms with Crippen molar-refractivity contribution in [3.05, 3.63) is 46.1 Å². The molecule has 2 atom stereocenters. The van der Waals surface area contributed by atoms with Crippen molar-refractivity contribution >= 4 is 22.8 Å². The lowest BCUT2D eigenvalue weighted by Crippen LogP contribution is -2.43. The fourth-order valence-corrected chi connectivity index (χ4v) is 5.44. The molecule has 0 radical (unpaired) electrons. The molecule has 8 nitrogen and oxygen atoms in total. The molecule has 3 heterocycles. The molecule has 1 aliphatic carbocycles. The van der Waals surface area contributed by atoms with Crippen molar-refractivity contribution in [1.82, 2.24) is 24.7 Å². The van der Waals surface area contributed by atoms with Gasteiger partial charge in [0, 0.05) is 45.3 Å². The van der Waals surface area contributed by atoms with Crippen LogP contribution >= 0.6 is 0 Å². The van der Waals surface area contributed by atoms with E-state index >= 15 is 0 Å². The molecular formula is C23H28FN5O3. The van der Waals surface area contributed by atoms with Gasteiger partial charge in [0.05, 0.1) is 23.1 Å². The zero-order chi connectivity index (χ0) is 22.4. The van der Waals surface area contributed by atoms with E-state index in [4.69, 9.17) is 0 Å². The molecule has 2 amide bonds. The van der Waals surface area contributed by atoms with E-state index in [1.807, 2.05) is 4.90 Å². The van der Waals surface area contributed by atoms with E-state index in [0.717, 1.165) is 19.5 Å². The van der Waals surface area contributed by atoms with Crippen LogP contribution in [0.15, 0.2) is 29.1 Å². The summed E-state index contributed by atoms with van der Waals surface area (Å²) in [5.74, 6) is 0.0938. The van der Waals surface area contributed by atoms with Crippen LogP contribution < -0.4 is 11.0 Å². The first-order valence-corrected chi connectivity index (χ1v) is 11.3. The molecule has 5 rings (SSSR count). The average Bonchev–Trinajstić information content (AvgIpc) is 3.46. The summed E-state index contributed by atoms with van der Waals surface area (Å²) >= 11 is 0. The van der Waals surface area contributed by atoms with Crippen molar-refractivity contribution in [3.8, 4) is 0 Å². The summed E-state index contributed by atoms with van der Waals surface area (Å²) in [4.78, 5) is 44.1. The molecule has 170 valence electrons. The number of piperidine rings is 1. The Balaban J connectivity index is 1.25. The summed E-state index contributed by atoms with van der Waals surface area (Å²) in [7, 11) is 1.44. The molecule has 0 saturated carbocycles. The maximum atomic E-state index is 14.5. The van der Waals surface area contributed by atoms with Crippen LogP contribution in [0.2, 0.25) is 0 Å². The number of halogens is 1. The smallest absolute Gasteiger partial charge is 0.326 e. The lowest BCUT2D eigenvalue weighted by molar-refractivity contribution is -0.131. The molecule has 2 aromatic rings. The molecule has 1 aromatic carbocycles. The van der Waals surface area contributed by atoms with Crippen LogP contribution in [-0.2, 0) is 4.79 Å². The van der Waals surface area contributed by atoms with Gasteiger partial charge >= 0.3 is 5.69 Å². The fourth-order valence-electron chi connectivity index (χ4n) is 5.44. The number of carbonyl (C=O) groups excluding carboxylic acids is 2. The molecule has 3 aliphatic rings. The van der Waals surface area contributed by atoms with Crippen LogP contribution in [0, 0.1) is 17.7 Å². The SMILES string of the molecule is CNC(=O)c1cc2[nH]c(=O)n(C3CCN(CC(=O)N4CC5C=CCC5C4)CC3)c2cc1F. The van der Waals surface area contributed by atoms with Gasteiger partial charge in [0.25, 0.3) is 5.91 Å². The third kappa shape index (κ3) is 3.64. The average molecular weight is 442 g/mol. The minimum Gasteiger partial charge on any atom is -0.355 e. The van der Waals surface area contributed by atoms with Gasteiger partial charge in [-0.15, -0.1) is 0 Å². The predicted molar refractivity (Wildman–Crippen MR) is 118 cm³/mol. The fraction of sp³-hybridized carbons (Fsp3) is 0.522. The molecule has 9 heteroatoms. The van der Waals surface area contributed by atoms with Gasteiger partial charge in [-0.1, -0.05) is 12.2 Å². The number of benzene rings is 1. The Labute approximate surface area is 185 Å². The summed E-state index contributed by atoms with van der Waals surface area (Å²) in [6.45, 7) is 3.48. The Hall–Kier alpha value is -2.94. The number of allylic oxidation sites excluding steroid dienone is 1. The van der Waals surface area contributed by atoms with E-state index in [9.17, 15) is 18.8 Å². The summed E-state index contributed by atoms with van der Waals surface area (Å²) in [5, 5.41) is 2.41. The second-order valence-electron chi connectivity index (χ2n) is 9.12. The van der Waals surface area contributed by atoms with E-state index in [0.29, 0.717) is 55.3 Å². The number of H-pyrrole nitrogens is 1. The Bertz CT molecular complexity index is 1140. The Morgan fingerprint density at radius 3 is 2.72 bits per heavy atom. The summed E-state index contributed by atoms with van der Waals surface area (Å²) in [5.41, 5.74) is 0.510. The number of aromatic nitrogens is 2. The van der Waals surface area contributed by atoms with Crippen LogP contribution in [0.5, 0.6) is 0 Å². The Morgan fingerprint density at radius 2 is 2.00 bits per heavy atom. The van der Waals surface area contributed by atoms with Crippen LogP contribution in [-0.4, -0.2) is 70.9 Å². The molecule has 0 bridgehead atoms. The lowest BCUT2D eigenvalue weighted by Gasteiger charge is -2.33. The van der Waals surface area contributed by atoms with Crippen LogP contribution in [0.4, 0.5) is 4.39 Å². The van der Waals surface area contributed by atoms with Gasteiger partial charge in [0.1, 0.15) is 5.82 Å². The minimum absolute atomic E-state index is 0.0795. The molecule has 32 heavy (non-hydrogen) atoms. The third-order valence-electron chi connectivity index (χ3n) is 7.22. The lowest BCUT2D eigenvalue weighted by atomic mass is 10.0. The number of carbonyl (C=O) groups is 2. The zero-order valence-corrected chi connectivity index (χ0v) is 18.1. The second-order valence-corrected chi connectivity index (χ2v) is 9.12. The van der Waals surface area contributed by atoms with Gasteiger partial charge < -0.3 is 15.2 Å². The number of hydrogen-bond donors (Lipinski definition) is 2. The van der Waals surface area contributed by atoms with Crippen LogP contribution in [0.3, 0.4) is 0 Å². The molecule has 2 unspecified atom stereocenters. The molecule has 2 fully saturated rings. The molecular weight excluding hydrogens is 413 g/mol. The zero-order valence-electron chi connectivity index (χ0n) is 18.1. The summed E-state index contributed by atoms with van der Waals surface area (Å²) in [6, 6.07) is 2.56. The van der Waals surface area contributed by atoms with E-state index in [1.54, 1.807) is 4.57 Å². The van der Waals surface area contributed by atoms with Crippen molar-refractivity contribution < 1.29 is 14.0 Å². The maximum absolute atomic E-state index is 14.5. The highest BCUT2D eigenvalue weighted by Gasteiger charge is 2.36. The highest BCUT2D eigenvalue weighted by atomic mass is 19.1. The van der Waals surface area contributed by atoms with Crippen molar-refractivity contribution in [2.45, 2.75) is 25.3 Å². The monoisotopic (exact) mass is 441 g/mol. The van der Waals surface area contributed by atoms with Gasteiger partial charge in [-0.3, -0.25) is 19.1 Å². The van der Waals surface area contributed by atoms with Crippen LogP contribution in [0.1, 0.15) is 35.7 Å². The van der Waals surface area contributed by atoms with Crippen LogP contribution in [0.25, 0.3) is 11.0 Å². The summed E-state index contributed by atoms with van der Waals surface area (Å²) in [6.07, 6.45) is 6.94. The van der Waals surface area contributed by atoms with E-state index < -0.39 is 11.7 Å². The van der Waals surface area contributed by atoms with Gasteiger partial charge in [0.15, 0.2) is 0 Å². The first-order valence-electron chi connectivity index (χ1n) is 11.3. The van der Waals surface area contributed by atoms with E-state index in [2.05, 4.69) is 27.4 Å². The van der Waals surface area contributed by atoms with Gasteiger partial charge in [-0.2, -0.15) is 0 Å². The first kappa shape index (κ1) is 20.9. The second kappa shape index (κ2) is 8.20. The molecule has 1 aromatic heterocycles. The number of rotatable bonds is 4. The largest absolute Gasteiger partial charge is 0.355 e. The number of amides is 2. The highest BCUT2D eigenvalue weighted by Crippen LogP contribution is 2.33. The number of nitrogens with zero attached hydrogens (tertiary/aromatic N) is 3. The first-order chi connectivity index (χ1) is 15.4. The third-order valence-corrected chi connectivity index (χ3v) is 7.22. The topological polar surface area (TPSA) is 90.4 Å². The minimum atomic E-state index is -0.655. The Morgan fingerprint density at radius 1 is 1.22 bits per heavy atom. The molecule has 2 saturated heterocycles. The molecule has 2 aliphatic heterocycles. The Kier molecular flexibility index (Phi) is 5.36. The van der Waals surface area contributed by atoms with Gasteiger partial charge in [0.2, 0.25) is 5.91 Å². The standard InChI is InChI=1S/C23H28FN5O3/c1-25-22(31)17-9-19-20(10-18(17)24)29(23(32)26-19)16-5-7-27(8-6-16)13-21(30)28-11-14-3-2-4-15(14)12-28/h2-3,9-10,14-16H,4-8,11-13H2,1H3,(H,25,31)(H,26,32). The number of hydrogen-bond acceptors (Lipinski definition) is 4. The van der Waals surface area contributed by atoms with E-state index in [-0.39, 0.29) is 23.2 Å². The number of fused-ring (bicyclic) bond motifs is 2. The van der Waals surface area contributed by atoms with E-state index in [1.165, 1.54) is 19.2 Å². The van der Waals surface area contributed by atoms with Crippen molar-refractivity contribution in [3.63, 3.8) is 0 Å². The normalized spacial score (nSPS) is 23.8. The number of likely N-dealkylation sites (tertiary alicyclic amines) is 2. The number of imidazole rings is 1. The molecule has 0 spiro atoms. The van der Waals surface area contributed by atoms with Crippen molar-refractivity contribution in [2.75, 3.05) is 39.8 Å². The predicted octanol–water partition coefficient (Wildman–Crippen LogP) is 1.50. The highest BCUT2D eigenvalue weighted by molar-refractivity contribution is 5.97. The molecule has 2 N–H and O–H groups in total. The summed E-state index contributed by atoms with van der Waals surface area (Å²) < 4.78 is 16.1. The number of aromatic amines is 1. The maximum Gasteiger partial charge on any atom is 0.326 e. The van der Waals surface area contributed by atoms with Gasteiger partial charge in [-0.25, -0.2) is 9.18 Å².